The van der Waals surface area contributed by atoms with E-state index in [-0.39, 0.29) is 128 Å². The van der Waals surface area contributed by atoms with Crippen molar-refractivity contribution < 1.29 is 92.6 Å². The van der Waals surface area contributed by atoms with Crippen LogP contribution in [0.4, 0.5) is 22.7 Å². The van der Waals surface area contributed by atoms with Crippen molar-refractivity contribution in [2.24, 2.45) is 0 Å². The van der Waals surface area contributed by atoms with Crippen LogP contribution in [0, 0.1) is 0 Å². The van der Waals surface area contributed by atoms with Gasteiger partial charge in [-0.15, -0.1) is 0 Å². The normalized spacial score (nSPS) is 12.7. The van der Waals surface area contributed by atoms with E-state index in [0.29, 0.717) is 93.2 Å². The van der Waals surface area contributed by atoms with Gasteiger partial charge in [0.2, 0.25) is 23.6 Å². The van der Waals surface area contributed by atoms with Gasteiger partial charge in [-0.05, 0) is 130 Å². The predicted molar refractivity (Wildman–Crippen MR) is 358 cm³/mol. The summed E-state index contributed by atoms with van der Waals surface area (Å²) in [6.45, 7) is 22.2. The molecule has 0 heterocycles. The molecule has 28 heteroatoms. The molecule has 5 rings (SSSR count). The Morgan fingerprint density at radius 2 is 0.446 bits per heavy atom. The highest BCUT2D eigenvalue weighted by atomic mass is 31.2. The van der Waals surface area contributed by atoms with E-state index in [9.17, 15) is 37.4 Å². The monoisotopic (exact) mass is 1360 g/mol. The first kappa shape index (κ1) is 77.3. The van der Waals surface area contributed by atoms with Gasteiger partial charge in [-0.1, -0.05) is 27.7 Å². The Morgan fingerprint density at radius 3 is 0.576 bits per heavy atom. The smallest absolute Gasteiger partial charge is 0.340 e. The Bertz CT molecular complexity index is 2760. The Balaban J connectivity index is 2.00. The van der Waals surface area contributed by atoms with Gasteiger partial charge in [-0.25, -0.2) is 0 Å². The maximum Gasteiger partial charge on any atom is 0.340 e. The molecule has 0 saturated heterocycles. The van der Waals surface area contributed by atoms with Gasteiger partial charge in [0.05, 0.1) is 79.3 Å². The number of ether oxygens (including phenoxy) is 4. The van der Waals surface area contributed by atoms with Crippen molar-refractivity contribution in [3.63, 3.8) is 0 Å². The first-order valence-corrected chi connectivity index (χ1v) is 38.8. The second-order valence-electron chi connectivity index (χ2n) is 21.2. The summed E-state index contributed by atoms with van der Waals surface area (Å²) in [6, 6.07) is 13.9. The molecule has 4 aromatic rings. The number of hydrogen-bond acceptors (Lipinski definition) is 20. The van der Waals surface area contributed by atoms with Crippen LogP contribution in [-0.2, 0) is 99.3 Å². The first-order valence-electron chi connectivity index (χ1n) is 31.9. The Hall–Kier alpha value is -5.44. The minimum Gasteiger partial charge on any atom is -0.493 e. The third-order valence-electron chi connectivity index (χ3n) is 13.4. The summed E-state index contributed by atoms with van der Waals surface area (Å²) in [4.78, 5) is 56.9. The van der Waals surface area contributed by atoms with Gasteiger partial charge in [0.15, 0.2) is 0 Å². The molecule has 8 bridgehead atoms. The lowest BCUT2D eigenvalue weighted by Crippen LogP contribution is -2.20. The van der Waals surface area contributed by atoms with Crippen molar-refractivity contribution in [2.75, 3.05) is 125 Å². The highest BCUT2D eigenvalue weighted by Crippen LogP contribution is 2.52. The predicted octanol–water partition coefficient (Wildman–Crippen LogP) is 14.3. The van der Waals surface area contributed by atoms with Crippen molar-refractivity contribution >= 4 is 76.8 Å². The van der Waals surface area contributed by atoms with Crippen molar-refractivity contribution in [2.45, 2.75) is 134 Å². The molecule has 0 aliphatic heterocycles. The highest BCUT2D eigenvalue weighted by Gasteiger charge is 2.33. The third-order valence-corrected chi connectivity index (χ3v) is 21.3. The summed E-state index contributed by atoms with van der Waals surface area (Å²) in [6.07, 6.45) is -0.0612. The van der Waals surface area contributed by atoms with E-state index in [1.807, 2.05) is 27.7 Å². The fourth-order valence-electron chi connectivity index (χ4n) is 10.3. The maximum atomic E-state index is 14.2. The van der Waals surface area contributed by atoms with E-state index in [4.69, 9.17) is 55.1 Å². The Morgan fingerprint density at radius 1 is 0.293 bits per heavy atom. The molecular weight excluding hydrogens is 1270 g/mol. The fraction of sp³-hybridized carbons (Fsp3) is 0.562. The van der Waals surface area contributed by atoms with Gasteiger partial charge in [-0.3, -0.25) is 37.4 Å². The van der Waals surface area contributed by atoms with E-state index >= 15 is 0 Å². The number of nitrogens with one attached hydrogen (secondary N) is 4. The molecule has 1 aliphatic rings. The van der Waals surface area contributed by atoms with Gasteiger partial charge >= 0.3 is 30.4 Å². The molecule has 0 aromatic heterocycles. The molecule has 92 heavy (non-hydrogen) atoms. The van der Waals surface area contributed by atoms with Crippen LogP contribution in [-0.4, -0.2) is 128 Å². The van der Waals surface area contributed by atoms with E-state index in [0.717, 1.165) is 0 Å². The quantitative estimate of drug-likeness (QED) is 0.0265. The minimum absolute atomic E-state index is 0.0127. The van der Waals surface area contributed by atoms with Crippen LogP contribution in [0.1, 0.15) is 153 Å². The number of rotatable bonds is 40. The Labute approximate surface area is 542 Å². The molecule has 1 aliphatic carbocycles. The van der Waals surface area contributed by atoms with Gasteiger partial charge in [-0.2, -0.15) is 0 Å². The summed E-state index contributed by atoms with van der Waals surface area (Å²) >= 11 is 0. The first-order chi connectivity index (χ1) is 44.0. The summed E-state index contributed by atoms with van der Waals surface area (Å²) in [5.41, 5.74) is 5.34. The van der Waals surface area contributed by atoms with E-state index in [1.54, 1.807) is 104 Å². The summed E-state index contributed by atoms with van der Waals surface area (Å²) in [7, 11) is -15.6. The van der Waals surface area contributed by atoms with Gasteiger partial charge in [0.25, 0.3) is 0 Å². The molecule has 0 unspecified atom stereocenters. The number of hydrogen-bond donors (Lipinski definition) is 4. The lowest BCUT2D eigenvalue weighted by Gasteiger charge is -2.25. The van der Waals surface area contributed by atoms with Crippen LogP contribution in [0.25, 0.3) is 0 Å². The molecule has 0 fully saturated rings. The molecule has 0 spiro atoms. The highest BCUT2D eigenvalue weighted by molar-refractivity contribution is 7.55. The van der Waals surface area contributed by atoms with Crippen LogP contribution >= 0.6 is 30.4 Å². The standard InChI is InChI=1S/C64H96N4O20P4/c1-13-25-77-61-45-29-47-35-54(66-58(70)42-90(74,83-19-7)84-20-8)37-49(62(47)78-26-14-2)31-51-39-56(68-60(72)44-92(76,87-23-11)88-24-12)40-52(64(51)80-28-16-4)32-50-38-55(67-59(71)43-91(75,85-21-9)86-22-10)36-48(63(50)79-27-15-3)30-46(61)34-53(33-45)65-57(69)41-89(73,81-17-5)82-18-6/h33-40H,13-32,41-44H2,1-12H3,(H,65,69)(H,66,70)(H,67,71)(H,68,72). The molecule has 4 N–H and O–H groups in total. The van der Waals surface area contributed by atoms with Crippen LogP contribution in [0.5, 0.6) is 23.0 Å². The fourth-order valence-corrected chi connectivity index (χ4v) is 16.2. The van der Waals surface area contributed by atoms with E-state index in [1.165, 1.54) is 0 Å². The topological polar surface area (TPSA) is 295 Å². The van der Waals surface area contributed by atoms with Crippen LogP contribution in [0.2, 0.25) is 0 Å². The van der Waals surface area contributed by atoms with Gasteiger partial charge in [0, 0.05) is 92.9 Å². The zero-order valence-electron chi connectivity index (χ0n) is 55.5. The van der Waals surface area contributed by atoms with Gasteiger partial charge < -0.3 is 76.4 Å². The maximum absolute atomic E-state index is 14.2. The average Bonchev–Trinajstić information content (AvgIpc) is 0.812. The second kappa shape index (κ2) is 38.2. The van der Waals surface area contributed by atoms with Crippen LogP contribution < -0.4 is 40.2 Å². The van der Waals surface area contributed by atoms with Crippen LogP contribution in [0.15, 0.2) is 48.5 Å². The molecule has 4 amide bonds. The molecule has 0 saturated carbocycles. The summed E-state index contributed by atoms with van der Waals surface area (Å²) < 4.78 is 127. The van der Waals surface area contributed by atoms with Crippen molar-refractivity contribution in [1.29, 1.82) is 0 Å². The van der Waals surface area contributed by atoms with Crippen molar-refractivity contribution in [3.05, 3.63) is 93.0 Å². The third kappa shape index (κ3) is 23.5. The zero-order chi connectivity index (χ0) is 67.5. The molecule has 0 atom stereocenters. The Kier molecular flexibility index (Phi) is 32.1. The summed E-state index contributed by atoms with van der Waals surface area (Å²) in [5.74, 6) is -0.994. The van der Waals surface area contributed by atoms with Crippen LogP contribution in [0.3, 0.4) is 0 Å². The van der Waals surface area contributed by atoms with E-state index < -0.39 is 78.7 Å². The SMILES string of the molecule is CCCOc1c2cc(NC(=O)CP(=O)(OCC)OCC)cc1Cc1cc(NC(=O)CP(=O)(OCC)OCC)cc(c1OCCC)Cc1cc(NC(=O)CP(=O)(OCC)OCC)cc(c1OCCC)Cc1cc(NC(=O)CP(=O)(OCC)OCC)cc(c1OCCC)C2. The number of fused-ring (bicyclic) bond motifs is 8. The zero-order valence-corrected chi connectivity index (χ0v) is 59.1. The van der Waals surface area contributed by atoms with Crippen molar-refractivity contribution in [1.82, 2.24) is 0 Å². The molecule has 24 nitrogen and oxygen atoms in total. The lowest BCUT2D eigenvalue weighted by molar-refractivity contribution is -0.115. The molecule has 0 radical (unpaired) electrons. The summed E-state index contributed by atoms with van der Waals surface area (Å²) in [5, 5.41) is 11.9. The molecule has 512 valence electrons. The number of anilines is 4. The average molecular weight is 1370 g/mol. The van der Waals surface area contributed by atoms with E-state index in [2.05, 4.69) is 21.3 Å². The number of carbonyl (C=O) groups excluding carboxylic acids is 4. The minimum atomic E-state index is -3.91. The number of benzene rings is 4. The number of carbonyl (C=O) groups is 4. The molecule has 4 aromatic carbocycles. The van der Waals surface area contributed by atoms with Crippen molar-refractivity contribution in [3.8, 4) is 23.0 Å². The number of amides is 4. The lowest BCUT2D eigenvalue weighted by atomic mass is 9.90. The largest absolute Gasteiger partial charge is 0.493 e. The second-order valence-corrected chi connectivity index (χ2v) is 29.4. The van der Waals surface area contributed by atoms with Gasteiger partial charge in [0.1, 0.15) is 47.6 Å². The molecular formula is C64H96N4O20P4.